The van der Waals surface area contributed by atoms with Crippen molar-refractivity contribution in [3.8, 4) is 5.69 Å². The number of aryl methyl sites for hydroxylation is 2. The monoisotopic (exact) mass is 271 g/mol. The second kappa shape index (κ2) is 4.96. The molecule has 1 aromatic carbocycles. The van der Waals surface area contributed by atoms with Crippen molar-refractivity contribution in [2.24, 2.45) is 0 Å². The van der Waals surface area contributed by atoms with Gasteiger partial charge in [0.2, 0.25) is 0 Å². The van der Waals surface area contributed by atoms with Gasteiger partial charge in [-0.2, -0.15) is 0 Å². The molecule has 0 aliphatic rings. The Morgan fingerprint density at radius 2 is 1.75 bits per heavy atom. The summed E-state index contributed by atoms with van der Waals surface area (Å²) in [7, 11) is 0. The molecule has 0 amide bonds. The van der Waals surface area contributed by atoms with E-state index in [1.54, 1.807) is 13.8 Å². The van der Waals surface area contributed by atoms with Crippen LogP contribution in [-0.2, 0) is 0 Å². The van der Waals surface area contributed by atoms with Crippen molar-refractivity contribution in [2.45, 2.75) is 27.7 Å². The maximum atomic E-state index is 12.3. The van der Waals surface area contributed by atoms with E-state index in [4.69, 9.17) is 0 Å². The third-order valence-electron chi connectivity index (χ3n) is 3.68. The summed E-state index contributed by atoms with van der Waals surface area (Å²) in [5.74, 6) is -1.01. The van der Waals surface area contributed by atoms with Gasteiger partial charge in [-0.15, -0.1) is 0 Å². The minimum atomic E-state index is -1.01. The Balaban J connectivity index is 2.88. The van der Waals surface area contributed by atoms with E-state index < -0.39 is 5.97 Å². The molecular weight excluding hydrogens is 254 g/mol. The zero-order valence-electron chi connectivity index (χ0n) is 12.0. The highest BCUT2D eigenvalue weighted by Gasteiger charge is 2.17. The summed E-state index contributed by atoms with van der Waals surface area (Å²) in [6.45, 7) is 7.20. The Hall–Kier alpha value is -2.36. The number of aromatic carboxylic acids is 1. The Kier molecular flexibility index (Phi) is 3.49. The fourth-order valence-electron chi connectivity index (χ4n) is 2.49. The molecule has 0 spiro atoms. The van der Waals surface area contributed by atoms with Gasteiger partial charge in [-0.3, -0.25) is 9.36 Å². The van der Waals surface area contributed by atoms with Crippen molar-refractivity contribution in [3.63, 3.8) is 0 Å². The first-order chi connectivity index (χ1) is 9.34. The van der Waals surface area contributed by atoms with Crippen molar-refractivity contribution >= 4 is 5.97 Å². The van der Waals surface area contributed by atoms with Crippen LogP contribution in [0.3, 0.4) is 0 Å². The molecule has 0 fully saturated rings. The molecule has 0 saturated carbocycles. The first-order valence-electron chi connectivity index (χ1n) is 6.37. The van der Waals surface area contributed by atoms with Crippen LogP contribution in [0.4, 0.5) is 0 Å². The first-order valence-corrected chi connectivity index (χ1v) is 6.37. The molecule has 1 heterocycles. The van der Waals surface area contributed by atoms with Crippen LogP contribution in [0, 0.1) is 27.7 Å². The fraction of sp³-hybridized carbons (Fsp3) is 0.250. The lowest BCUT2D eigenvalue weighted by Gasteiger charge is -2.17. The van der Waals surface area contributed by atoms with Gasteiger partial charge in [0.05, 0.1) is 11.3 Å². The molecule has 2 aromatic rings. The second-order valence-electron chi connectivity index (χ2n) is 4.99. The number of hydrogen-bond acceptors (Lipinski definition) is 2. The number of pyridine rings is 1. The van der Waals surface area contributed by atoms with E-state index in [0.29, 0.717) is 11.3 Å². The van der Waals surface area contributed by atoms with Gasteiger partial charge in [0, 0.05) is 11.8 Å². The Bertz CT molecular complexity index is 757. The van der Waals surface area contributed by atoms with E-state index in [0.717, 1.165) is 16.8 Å². The summed E-state index contributed by atoms with van der Waals surface area (Å²) in [5, 5.41) is 9.32. The van der Waals surface area contributed by atoms with Crippen molar-refractivity contribution in [1.82, 2.24) is 4.57 Å². The van der Waals surface area contributed by atoms with Crippen LogP contribution in [0.2, 0.25) is 0 Å². The van der Waals surface area contributed by atoms with Crippen LogP contribution < -0.4 is 5.56 Å². The first kappa shape index (κ1) is 14.1. The molecule has 0 unspecified atom stereocenters. The summed E-state index contributed by atoms with van der Waals surface area (Å²) in [6, 6.07) is 7.03. The quantitative estimate of drug-likeness (QED) is 0.913. The number of benzene rings is 1. The van der Waals surface area contributed by atoms with Crippen molar-refractivity contribution < 1.29 is 9.90 Å². The summed E-state index contributed by atoms with van der Waals surface area (Å²) < 4.78 is 1.47. The molecule has 4 heteroatoms. The van der Waals surface area contributed by atoms with Crippen molar-refractivity contribution in [1.29, 1.82) is 0 Å². The molecule has 104 valence electrons. The number of nitrogens with zero attached hydrogens (tertiary/aromatic N) is 1. The third kappa shape index (κ3) is 2.13. The highest BCUT2D eigenvalue weighted by atomic mass is 16.4. The van der Waals surface area contributed by atoms with Gasteiger partial charge in [0.15, 0.2) is 0 Å². The van der Waals surface area contributed by atoms with Gasteiger partial charge in [0.1, 0.15) is 0 Å². The SMILES string of the molecule is Cc1cccc(-n2c(C)c(C(=O)O)c(C)cc2=O)c1C. The largest absolute Gasteiger partial charge is 0.478 e. The predicted molar refractivity (Wildman–Crippen MR) is 77.9 cm³/mol. The van der Waals surface area contributed by atoms with Crippen LogP contribution in [0.15, 0.2) is 29.1 Å². The summed E-state index contributed by atoms with van der Waals surface area (Å²) in [5.41, 5.74) is 3.68. The fourth-order valence-corrected chi connectivity index (χ4v) is 2.49. The van der Waals surface area contributed by atoms with Gasteiger partial charge in [-0.05, 0) is 50.5 Å². The number of aromatic nitrogens is 1. The molecule has 2 rings (SSSR count). The van der Waals surface area contributed by atoms with Crippen molar-refractivity contribution in [3.05, 3.63) is 62.6 Å². The standard InChI is InChI=1S/C16H17NO3/c1-9-6-5-7-13(11(9)3)17-12(4)15(16(19)20)10(2)8-14(17)18/h5-8H,1-4H3,(H,19,20). The van der Waals surface area contributed by atoms with Gasteiger partial charge < -0.3 is 5.11 Å². The lowest BCUT2D eigenvalue weighted by molar-refractivity contribution is 0.0694. The number of carboxylic acids is 1. The molecule has 0 bridgehead atoms. The van der Waals surface area contributed by atoms with E-state index in [9.17, 15) is 14.7 Å². The highest BCUT2D eigenvalue weighted by Crippen LogP contribution is 2.20. The molecule has 0 aliphatic heterocycles. The smallest absolute Gasteiger partial charge is 0.337 e. The minimum Gasteiger partial charge on any atom is -0.478 e. The van der Waals surface area contributed by atoms with Crippen LogP contribution >= 0.6 is 0 Å². The molecule has 0 saturated heterocycles. The molecule has 20 heavy (non-hydrogen) atoms. The van der Waals surface area contributed by atoms with Gasteiger partial charge in [0.25, 0.3) is 5.56 Å². The van der Waals surface area contributed by atoms with Crippen LogP contribution in [0.25, 0.3) is 5.69 Å². The van der Waals surface area contributed by atoms with E-state index >= 15 is 0 Å². The van der Waals surface area contributed by atoms with E-state index in [-0.39, 0.29) is 11.1 Å². The van der Waals surface area contributed by atoms with Gasteiger partial charge >= 0.3 is 5.97 Å². The van der Waals surface area contributed by atoms with Crippen molar-refractivity contribution in [2.75, 3.05) is 0 Å². The van der Waals surface area contributed by atoms with Crippen LogP contribution in [0.1, 0.15) is 32.7 Å². The molecule has 0 radical (unpaired) electrons. The average molecular weight is 271 g/mol. The number of rotatable bonds is 2. The van der Waals surface area contributed by atoms with Gasteiger partial charge in [-0.1, -0.05) is 12.1 Å². The number of hydrogen-bond donors (Lipinski definition) is 1. The minimum absolute atomic E-state index is 0.186. The third-order valence-corrected chi connectivity index (χ3v) is 3.68. The summed E-state index contributed by atoms with van der Waals surface area (Å²) >= 11 is 0. The predicted octanol–water partition coefficient (Wildman–Crippen LogP) is 2.77. The second-order valence-corrected chi connectivity index (χ2v) is 4.99. The topological polar surface area (TPSA) is 59.3 Å². The molecule has 1 N–H and O–H groups in total. The van der Waals surface area contributed by atoms with Crippen LogP contribution in [-0.4, -0.2) is 15.6 Å². The summed E-state index contributed by atoms with van der Waals surface area (Å²) in [4.78, 5) is 23.6. The zero-order chi connectivity index (χ0) is 15.0. The number of carboxylic acid groups (broad SMARTS) is 1. The molecule has 1 aromatic heterocycles. The van der Waals surface area contributed by atoms with E-state index in [1.165, 1.54) is 10.6 Å². The van der Waals surface area contributed by atoms with E-state index in [1.807, 2.05) is 32.0 Å². The zero-order valence-corrected chi connectivity index (χ0v) is 12.0. The average Bonchev–Trinajstić information content (AvgIpc) is 2.33. The molecule has 0 atom stereocenters. The summed E-state index contributed by atoms with van der Waals surface area (Å²) in [6.07, 6.45) is 0. The maximum absolute atomic E-state index is 12.3. The molecular formula is C16H17NO3. The Labute approximate surface area is 117 Å². The highest BCUT2D eigenvalue weighted by molar-refractivity contribution is 5.90. The lowest BCUT2D eigenvalue weighted by Crippen LogP contribution is -2.24. The lowest BCUT2D eigenvalue weighted by atomic mass is 10.0. The number of carbonyl (C=O) groups is 1. The molecule has 0 aliphatic carbocycles. The Morgan fingerprint density at radius 3 is 2.35 bits per heavy atom. The van der Waals surface area contributed by atoms with E-state index in [2.05, 4.69) is 0 Å². The van der Waals surface area contributed by atoms with Gasteiger partial charge in [-0.25, -0.2) is 4.79 Å². The van der Waals surface area contributed by atoms with Crippen LogP contribution in [0.5, 0.6) is 0 Å². The normalized spacial score (nSPS) is 10.6. The maximum Gasteiger partial charge on any atom is 0.337 e. The Morgan fingerprint density at radius 1 is 1.10 bits per heavy atom. The molecule has 4 nitrogen and oxygen atoms in total.